The Morgan fingerprint density at radius 1 is 1.32 bits per heavy atom. The van der Waals surface area contributed by atoms with E-state index in [4.69, 9.17) is 4.42 Å². The third-order valence-electron chi connectivity index (χ3n) is 3.35. The van der Waals surface area contributed by atoms with Gasteiger partial charge in [0.15, 0.2) is 0 Å². The summed E-state index contributed by atoms with van der Waals surface area (Å²) in [7, 11) is 0. The second-order valence-electron chi connectivity index (χ2n) is 5.97. The zero-order valence-electron chi connectivity index (χ0n) is 13.4. The van der Waals surface area contributed by atoms with Gasteiger partial charge in [-0.05, 0) is 44.5 Å². The van der Waals surface area contributed by atoms with E-state index < -0.39 is 0 Å². The summed E-state index contributed by atoms with van der Waals surface area (Å²) in [6.45, 7) is 7.99. The lowest BCUT2D eigenvalue weighted by Crippen LogP contribution is -2.24. The van der Waals surface area contributed by atoms with E-state index in [1.54, 1.807) is 24.4 Å². The average Bonchev–Trinajstić information content (AvgIpc) is 2.93. The van der Waals surface area contributed by atoms with Crippen molar-refractivity contribution in [3.63, 3.8) is 0 Å². The van der Waals surface area contributed by atoms with Crippen molar-refractivity contribution < 1.29 is 9.21 Å². The molecule has 22 heavy (non-hydrogen) atoms. The maximum absolute atomic E-state index is 11.9. The van der Waals surface area contributed by atoms with Gasteiger partial charge >= 0.3 is 0 Å². The largest absolute Gasteiger partial charge is 0.466 e. The van der Waals surface area contributed by atoms with E-state index in [1.165, 1.54) is 0 Å². The summed E-state index contributed by atoms with van der Waals surface area (Å²) in [5, 5.41) is 4.15. The van der Waals surface area contributed by atoms with Gasteiger partial charge in [0.05, 0.1) is 0 Å². The fourth-order valence-corrected chi connectivity index (χ4v) is 2.27. The number of nitrogens with one attached hydrogen (secondary N) is 1. The first-order valence-corrected chi connectivity index (χ1v) is 7.20. The molecule has 0 aliphatic rings. The van der Waals surface area contributed by atoms with Crippen LogP contribution in [0.5, 0.6) is 0 Å². The Bertz CT molecular complexity index is 672. The van der Waals surface area contributed by atoms with Crippen molar-refractivity contribution in [2.75, 3.05) is 0 Å². The lowest BCUT2D eigenvalue weighted by Gasteiger charge is -2.21. The van der Waals surface area contributed by atoms with Crippen molar-refractivity contribution in [1.82, 2.24) is 10.4 Å². The minimum absolute atomic E-state index is 0.183. The molecule has 0 saturated heterocycles. The molecular weight excluding hydrogens is 278 g/mol. The summed E-state index contributed by atoms with van der Waals surface area (Å²) < 4.78 is 5.69. The fourth-order valence-electron chi connectivity index (χ4n) is 2.27. The van der Waals surface area contributed by atoms with Gasteiger partial charge in [-0.1, -0.05) is 19.9 Å². The number of aryl methyl sites for hydroxylation is 1. The Kier molecular flexibility index (Phi) is 4.75. The van der Waals surface area contributed by atoms with Gasteiger partial charge in [0, 0.05) is 17.3 Å². The van der Waals surface area contributed by atoms with Crippen LogP contribution >= 0.6 is 0 Å². The number of rotatable bonds is 5. The van der Waals surface area contributed by atoms with Crippen molar-refractivity contribution in [3.8, 4) is 0 Å². The molecule has 2 heterocycles. The van der Waals surface area contributed by atoms with Crippen LogP contribution in [0.2, 0.25) is 0 Å². The monoisotopic (exact) mass is 299 g/mol. The van der Waals surface area contributed by atoms with Gasteiger partial charge in [-0.25, -0.2) is 5.43 Å². The standard InChI is InChI=1S/C17H21N3O2/c1-12(11-17(3,4)15-9-8-13(2)22-15)19-20-16(21)14-7-5-6-10-18-14/h5-10H,11H2,1-4H3,(H,20,21)/b19-12-. The zero-order chi connectivity index (χ0) is 16.2. The van der Waals surface area contributed by atoms with Gasteiger partial charge in [0.2, 0.25) is 0 Å². The molecule has 1 amide bonds. The zero-order valence-corrected chi connectivity index (χ0v) is 13.4. The summed E-state index contributed by atoms with van der Waals surface area (Å²) in [4.78, 5) is 15.9. The number of hydrogen-bond donors (Lipinski definition) is 1. The normalized spacial score (nSPS) is 12.3. The molecule has 2 rings (SSSR count). The van der Waals surface area contributed by atoms with Crippen LogP contribution in [0.4, 0.5) is 0 Å². The summed E-state index contributed by atoms with van der Waals surface area (Å²) in [5.74, 6) is 1.49. The molecule has 0 atom stereocenters. The number of nitrogens with zero attached hydrogens (tertiary/aromatic N) is 2. The Balaban J connectivity index is 1.99. The number of amides is 1. The smallest absolute Gasteiger partial charge is 0.289 e. The molecule has 2 aromatic rings. The first-order valence-electron chi connectivity index (χ1n) is 7.20. The lowest BCUT2D eigenvalue weighted by atomic mass is 9.85. The lowest BCUT2D eigenvalue weighted by molar-refractivity contribution is 0.0949. The van der Waals surface area contributed by atoms with Crippen molar-refractivity contribution in [1.29, 1.82) is 0 Å². The van der Waals surface area contributed by atoms with Gasteiger partial charge in [-0.15, -0.1) is 0 Å². The van der Waals surface area contributed by atoms with E-state index in [1.807, 2.05) is 26.0 Å². The summed E-state index contributed by atoms with van der Waals surface area (Å²) >= 11 is 0. The molecule has 116 valence electrons. The Morgan fingerprint density at radius 2 is 2.09 bits per heavy atom. The molecular formula is C17H21N3O2. The Hall–Kier alpha value is -2.43. The highest BCUT2D eigenvalue weighted by molar-refractivity contribution is 5.93. The second-order valence-corrected chi connectivity index (χ2v) is 5.97. The predicted molar refractivity (Wildman–Crippen MR) is 85.9 cm³/mol. The van der Waals surface area contributed by atoms with E-state index in [9.17, 15) is 4.79 Å². The van der Waals surface area contributed by atoms with Gasteiger partial charge < -0.3 is 4.42 Å². The molecule has 0 saturated carbocycles. The number of hydrazone groups is 1. The minimum Gasteiger partial charge on any atom is -0.466 e. The highest BCUT2D eigenvalue weighted by Crippen LogP contribution is 2.28. The van der Waals surface area contributed by atoms with Crippen LogP contribution in [0.25, 0.3) is 0 Å². The molecule has 2 aromatic heterocycles. The second kappa shape index (κ2) is 6.56. The third kappa shape index (κ3) is 4.04. The highest BCUT2D eigenvalue weighted by Gasteiger charge is 2.25. The van der Waals surface area contributed by atoms with E-state index in [0.717, 1.165) is 17.2 Å². The van der Waals surface area contributed by atoms with Crippen LogP contribution in [-0.2, 0) is 5.41 Å². The van der Waals surface area contributed by atoms with E-state index in [-0.39, 0.29) is 11.3 Å². The molecule has 0 unspecified atom stereocenters. The number of carbonyl (C=O) groups excluding carboxylic acids is 1. The molecule has 5 heteroatoms. The highest BCUT2D eigenvalue weighted by atomic mass is 16.3. The van der Waals surface area contributed by atoms with Gasteiger partial charge in [-0.3, -0.25) is 9.78 Å². The summed E-state index contributed by atoms with van der Waals surface area (Å²) in [6.07, 6.45) is 2.26. The molecule has 0 aromatic carbocycles. The molecule has 0 spiro atoms. The molecule has 0 aliphatic heterocycles. The van der Waals surface area contributed by atoms with Crippen molar-refractivity contribution >= 4 is 11.6 Å². The topological polar surface area (TPSA) is 67.5 Å². The molecule has 5 nitrogen and oxygen atoms in total. The number of aromatic nitrogens is 1. The van der Waals surface area contributed by atoms with Crippen molar-refractivity contribution in [2.24, 2.45) is 5.10 Å². The predicted octanol–water partition coefficient (Wildman–Crippen LogP) is 3.46. The SMILES string of the molecule is C/C(CC(C)(C)c1ccc(C)o1)=N/NC(=O)c1ccccn1. The molecule has 0 aliphatic carbocycles. The van der Waals surface area contributed by atoms with Crippen LogP contribution in [-0.4, -0.2) is 16.6 Å². The summed E-state index contributed by atoms with van der Waals surface area (Å²) in [5.41, 5.74) is 3.52. The van der Waals surface area contributed by atoms with E-state index in [0.29, 0.717) is 12.1 Å². The van der Waals surface area contributed by atoms with Crippen molar-refractivity contribution in [3.05, 3.63) is 53.7 Å². The molecule has 1 N–H and O–H groups in total. The van der Waals surface area contributed by atoms with Crippen molar-refractivity contribution in [2.45, 2.75) is 39.5 Å². The van der Waals surface area contributed by atoms with Gasteiger partial charge in [0.1, 0.15) is 17.2 Å². The Morgan fingerprint density at radius 3 is 2.68 bits per heavy atom. The summed E-state index contributed by atoms with van der Waals surface area (Å²) in [6, 6.07) is 9.11. The first-order chi connectivity index (χ1) is 10.4. The first kappa shape index (κ1) is 15.9. The molecule has 0 bridgehead atoms. The Labute approximate surface area is 130 Å². The van der Waals surface area contributed by atoms with Crippen LogP contribution in [0, 0.1) is 6.92 Å². The van der Waals surface area contributed by atoms with Gasteiger partial charge in [-0.2, -0.15) is 5.10 Å². The molecule has 0 fully saturated rings. The molecule has 0 radical (unpaired) electrons. The van der Waals surface area contributed by atoms with Gasteiger partial charge in [0.25, 0.3) is 5.91 Å². The maximum atomic E-state index is 11.9. The fraction of sp³-hybridized carbons (Fsp3) is 0.353. The van der Waals surface area contributed by atoms with Crippen LogP contribution < -0.4 is 5.43 Å². The number of furan rings is 1. The van der Waals surface area contributed by atoms with E-state index >= 15 is 0 Å². The third-order valence-corrected chi connectivity index (χ3v) is 3.35. The van der Waals surface area contributed by atoms with Crippen LogP contribution in [0.15, 0.2) is 46.0 Å². The number of carbonyl (C=O) groups is 1. The van der Waals surface area contributed by atoms with Crippen LogP contribution in [0.3, 0.4) is 0 Å². The van der Waals surface area contributed by atoms with Crippen LogP contribution in [0.1, 0.15) is 49.2 Å². The van der Waals surface area contributed by atoms with E-state index in [2.05, 4.69) is 29.4 Å². The quantitative estimate of drug-likeness (QED) is 0.679. The minimum atomic E-state index is -0.313. The maximum Gasteiger partial charge on any atom is 0.289 e. The number of hydrogen-bond acceptors (Lipinski definition) is 4. The average molecular weight is 299 g/mol. The number of pyridine rings is 1.